The topological polar surface area (TPSA) is 61.4 Å². The van der Waals surface area contributed by atoms with E-state index in [1.807, 2.05) is 48.5 Å². The van der Waals surface area contributed by atoms with E-state index in [4.69, 9.17) is 0 Å². The first-order chi connectivity index (χ1) is 13.5. The zero-order chi connectivity index (χ0) is 19.9. The minimum atomic E-state index is -0.320. The van der Waals surface area contributed by atoms with Crippen LogP contribution in [0.2, 0.25) is 0 Å². The molecule has 5 nitrogen and oxygen atoms in total. The highest BCUT2D eigenvalue weighted by molar-refractivity contribution is 6.08. The summed E-state index contributed by atoms with van der Waals surface area (Å²) in [6.07, 6.45) is 3.55. The lowest BCUT2D eigenvalue weighted by atomic mass is 10.0. The molecule has 3 rings (SSSR count). The maximum atomic E-state index is 12.2. The number of benzene rings is 2. The van der Waals surface area contributed by atoms with E-state index in [1.54, 1.807) is 0 Å². The average molecular weight is 380 g/mol. The molecule has 1 saturated heterocycles. The second-order valence-electron chi connectivity index (χ2n) is 7.64. The first kappa shape index (κ1) is 19.9. The van der Waals surface area contributed by atoms with Crippen LogP contribution >= 0.6 is 0 Å². The molecule has 5 heteroatoms. The van der Waals surface area contributed by atoms with Gasteiger partial charge in [-0.15, -0.1) is 0 Å². The van der Waals surface area contributed by atoms with Crippen molar-refractivity contribution in [2.75, 3.05) is 28.6 Å². The smallest absolute Gasteiger partial charge is 0.233 e. The van der Waals surface area contributed by atoms with E-state index in [9.17, 15) is 9.59 Å². The van der Waals surface area contributed by atoms with Gasteiger partial charge in [-0.1, -0.05) is 26.0 Å². The van der Waals surface area contributed by atoms with E-state index in [0.717, 1.165) is 13.1 Å². The lowest BCUT2D eigenvalue weighted by Gasteiger charge is -2.28. The molecule has 2 amide bonds. The summed E-state index contributed by atoms with van der Waals surface area (Å²) in [7, 11) is 0. The van der Waals surface area contributed by atoms with Crippen LogP contribution in [0.5, 0.6) is 0 Å². The summed E-state index contributed by atoms with van der Waals surface area (Å²) in [5.74, 6) is -0.196. The molecule has 0 unspecified atom stereocenters. The molecule has 1 aliphatic heterocycles. The van der Waals surface area contributed by atoms with Crippen LogP contribution in [0.25, 0.3) is 0 Å². The zero-order valence-electron chi connectivity index (χ0n) is 16.7. The lowest BCUT2D eigenvalue weighted by molar-refractivity contribution is -0.123. The SMILES string of the molecule is CC(C)c1ccc(NC(=O)CC(=O)Nc2ccc(N3CCCCC3)cc2)cc1. The van der Waals surface area contributed by atoms with Crippen LogP contribution < -0.4 is 15.5 Å². The van der Waals surface area contributed by atoms with Gasteiger partial charge >= 0.3 is 0 Å². The van der Waals surface area contributed by atoms with Gasteiger partial charge in [0.15, 0.2) is 0 Å². The monoisotopic (exact) mass is 379 g/mol. The van der Waals surface area contributed by atoms with Gasteiger partial charge in [0.2, 0.25) is 11.8 Å². The summed E-state index contributed by atoms with van der Waals surface area (Å²) in [6.45, 7) is 6.42. The molecular weight excluding hydrogens is 350 g/mol. The summed E-state index contributed by atoms with van der Waals surface area (Å²) in [4.78, 5) is 26.6. The van der Waals surface area contributed by atoms with Crippen molar-refractivity contribution in [2.24, 2.45) is 0 Å². The number of amides is 2. The Morgan fingerprint density at radius 3 is 1.82 bits per heavy atom. The van der Waals surface area contributed by atoms with Crippen LogP contribution in [0, 0.1) is 0 Å². The number of carbonyl (C=O) groups is 2. The Morgan fingerprint density at radius 1 is 0.821 bits per heavy atom. The highest BCUT2D eigenvalue weighted by Gasteiger charge is 2.12. The van der Waals surface area contributed by atoms with Crippen LogP contribution in [0.3, 0.4) is 0 Å². The number of rotatable bonds is 6. The van der Waals surface area contributed by atoms with E-state index in [1.165, 1.54) is 30.5 Å². The predicted molar refractivity (Wildman–Crippen MR) is 115 cm³/mol. The standard InChI is InChI=1S/C23H29N3O2/c1-17(2)18-6-8-19(9-7-18)24-22(27)16-23(28)25-20-10-12-21(13-11-20)26-14-4-3-5-15-26/h6-13,17H,3-5,14-16H2,1-2H3,(H,24,27)(H,25,28). The normalized spacial score (nSPS) is 14.0. The molecule has 0 aromatic heterocycles. The molecule has 0 atom stereocenters. The van der Waals surface area contributed by atoms with Gasteiger partial charge < -0.3 is 15.5 Å². The zero-order valence-corrected chi connectivity index (χ0v) is 16.7. The van der Waals surface area contributed by atoms with Crippen LogP contribution in [0.4, 0.5) is 17.1 Å². The molecule has 2 aromatic rings. The molecule has 0 spiro atoms. The van der Waals surface area contributed by atoms with E-state index < -0.39 is 0 Å². The van der Waals surface area contributed by atoms with Crippen molar-refractivity contribution in [2.45, 2.75) is 45.4 Å². The van der Waals surface area contributed by atoms with Gasteiger partial charge in [0.25, 0.3) is 0 Å². The maximum absolute atomic E-state index is 12.2. The number of nitrogens with zero attached hydrogens (tertiary/aromatic N) is 1. The summed E-state index contributed by atoms with van der Waals surface area (Å²) < 4.78 is 0. The number of anilines is 3. The van der Waals surface area contributed by atoms with Crippen molar-refractivity contribution in [3.8, 4) is 0 Å². The molecule has 0 radical (unpaired) electrons. The molecular formula is C23H29N3O2. The third-order valence-electron chi connectivity index (χ3n) is 5.05. The van der Waals surface area contributed by atoms with Crippen LogP contribution in [-0.4, -0.2) is 24.9 Å². The molecule has 2 aromatic carbocycles. The molecule has 1 fully saturated rings. The summed E-state index contributed by atoms with van der Waals surface area (Å²) >= 11 is 0. The van der Waals surface area contributed by atoms with Crippen molar-refractivity contribution in [1.29, 1.82) is 0 Å². The van der Waals surface area contributed by atoms with Crippen molar-refractivity contribution < 1.29 is 9.59 Å². The molecule has 28 heavy (non-hydrogen) atoms. The van der Waals surface area contributed by atoms with Gasteiger partial charge in [-0.3, -0.25) is 9.59 Å². The van der Waals surface area contributed by atoms with Crippen LogP contribution in [0.1, 0.15) is 51.0 Å². The Morgan fingerprint density at radius 2 is 1.32 bits per heavy atom. The molecule has 0 bridgehead atoms. The fourth-order valence-corrected chi connectivity index (χ4v) is 3.42. The number of hydrogen-bond acceptors (Lipinski definition) is 3. The Kier molecular flexibility index (Phi) is 6.69. The summed E-state index contributed by atoms with van der Waals surface area (Å²) in [6, 6.07) is 15.5. The maximum Gasteiger partial charge on any atom is 0.233 e. The number of piperidine rings is 1. The average Bonchev–Trinajstić information content (AvgIpc) is 2.69. The number of hydrogen-bond donors (Lipinski definition) is 2. The van der Waals surface area contributed by atoms with Crippen molar-refractivity contribution >= 4 is 28.9 Å². The molecule has 1 heterocycles. The quantitative estimate of drug-likeness (QED) is 0.711. The highest BCUT2D eigenvalue weighted by atomic mass is 16.2. The molecule has 0 aliphatic carbocycles. The van der Waals surface area contributed by atoms with Gasteiger partial charge in [-0.2, -0.15) is 0 Å². The largest absolute Gasteiger partial charge is 0.372 e. The van der Waals surface area contributed by atoms with Gasteiger partial charge in [-0.05, 0) is 67.1 Å². The van der Waals surface area contributed by atoms with Crippen molar-refractivity contribution in [1.82, 2.24) is 0 Å². The van der Waals surface area contributed by atoms with E-state index in [0.29, 0.717) is 17.3 Å². The Hall–Kier alpha value is -2.82. The lowest BCUT2D eigenvalue weighted by Crippen LogP contribution is -2.29. The summed E-state index contributed by atoms with van der Waals surface area (Å²) in [5.41, 5.74) is 3.80. The third kappa shape index (κ3) is 5.59. The van der Waals surface area contributed by atoms with Crippen LogP contribution in [0.15, 0.2) is 48.5 Å². The Balaban J connectivity index is 1.48. The number of carbonyl (C=O) groups excluding carboxylic acids is 2. The Bertz CT molecular complexity index is 792. The minimum absolute atomic E-state index is 0.209. The summed E-state index contributed by atoms with van der Waals surface area (Å²) in [5, 5.41) is 5.56. The molecule has 1 aliphatic rings. The van der Waals surface area contributed by atoms with Gasteiger partial charge in [-0.25, -0.2) is 0 Å². The second kappa shape index (κ2) is 9.40. The minimum Gasteiger partial charge on any atom is -0.372 e. The first-order valence-corrected chi connectivity index (χ1v) is 10.1. The number of nitrogens with one attached hydrogen (secondary N) is 2. The molecule has 0 saturated carbocycles. The van der Waals surface area contributed by atoms with Crippen molar-refractivity contribution in [3.05, 3.63) is 54.1 Å². The van der Waals surface area contributed by atoms with Gasteiger partial charge in [0.05, 0.1) is 0 Å². The molecule has 2 N–H and O–H groups in total. The fraction of sp³-hybridized carbons (Fsp3) is 0.391. The second-order valence-corrected chi connectivity index (χ2v) is 7.64. The van der Waals surface area contributed by atoms with E-state index >= 15 is 0 Å². The van der Waals surface area contributed by atoms with E-state index in [-0.39, 0.29) is 18.2 Å². The Labute approximate surface area is 167 Å². The first-order valence-electron chi connectivity index (χ1n) is 10.1. The third-order valence-corrected chi connectivity index (χ3v) is 5.05. The van der Waals surface area contributed by atoms with Gasteiger partial charge in [0, 0.05) is 30.2 Å². The van der Waals surface area contributed by atoms with E-state index in [2.05, 4.69) is 29.4 Å². The fourth-order valence-electron chi connectivity index (χ4n) is 3.42. The van der Waals surface area contributed by atoms with Crippen molar-refractivity contribution in [3.63, 3.8) is 0 Å². The highest BCUT2D eigenvalue weighted by Crippen LogP contribution is 2.22. The molecule has 148 valence electrons. The van der Waals surface area contributed by atoms with Gasteiger partial charge in [0.1, 0.15) is 6.42 Å². The predicted octanol–water partition coefficient (Wildman–Crippen LogP) is 4.77. The van der Waals surface area contributed by atoms with Crippen LogP contribution in [-0.2, 0) is 9.59 Å².